The van der Waals surface area contributed by atoms with Gasteiger partial charge in [-0.3, -0.25) is 0 Å². The molecule has 0 bridgehead atoms. The third-order valence-corrected chi connectivity index (χ3v) is 3.99. The quantitative estimate of drug-likeness (QED) is 0.921. The van der Waals surface area contributed by atoms with Crippen LogP contribution >= 0.6 is 11.6 Å². The molecule has 2 rings (SSSR count). The van der Waals surface area contributed by atoms with Gasteiger partial charge in [0.25, 0.3) is 0 Å². The summed E-state index contributed by atoms with van der Waals surface area (Å²) in [6, 6.07) is 4.05. The maximum atomic E-state index is 9.27. The first-order valence-corrected chi connectivity index (χ1v) is 7.08. The molecule has 1 fully saturated rings. The first-order valence-electron chi connectivity index (χ1n) is 6.70. The first kappa shape index (κ1) is 14.1. The lowest BCUT2D eigenvalue weighted by Crippen LogP contribution is -2.39. The van der Waals surface area contributed by atoms with Gasteiger partial charge < -0.3 is 10.0 Å². The zero-order chi connectivity index (χ0) is 13.7. The van der Waals surface area contributed by atoms with Gasteiger partial charge >= 0.3 is 0 Å². The fraction of sp³-hybridized carbons (Fsp3) is 0.571. The SMILES string of the molecule is N#Cc1ccnc(N(CCO)C2CCCCC2)c1Cl. The van der Waals surface area contributed by atoms with Crippen molar-refractivity contribution in [2.45, 2.75) is 38.1 Å². The van der Waals surface area contributed by atoms with Crippen LogP contribution in [0.4, 0.5) is 5.82 Å². The number of aliphatic hydroxyl groups excluding tert-OH is 1. The van der Waals surface area contributed by atoms with Crippen LogP contribution in [0, 0.1) is 11.3 Å². The van der Waals surface area contributed by atoms with Crippen LogP contribution in [0.1, 0.15) is 37.7 Å². The maximum absolute atomic E-state index is 9.27. The highest BCUT2D eigenvalue weighted by Crippen LogP contribution is 2.31. The summed E-state index contributed by atoms with van der Waals surface area (Å²) in [6.45, 7) is 0.567. The molecule has 19 heavy (non-hydrogen) atoms. The maximum Gasteiger partial charge on any atom is 0.149 e. The lowest BCUT2D eigenvalue weighted by molar-refractivity contribution is 0.289. The van der Waals surface area contributed by atoms with Gasteiger partial charge in [-0.25, -0.2) is 4.98 Å². The number of hydrogen-bond acceptors (Lipinski definition) is 4. The van der Waals surface area contributed by atoms with Gasteiger partial charge in [0.2, 0.25) is 0 Å². The van der Waals surface area contributed by atoms with E-state index in [1.807, 2.05) is 0 Å². The van der Waals surface area contributed by atoms with Crippen LogP contribution in [0.15, 0.2) is 12.3 Å². The lowest BCUT2D eigenvalue weighted by atomic mass is 9.94. The zero-order valence-electron chi connectivity index (χ0n) is 10.8. The second kappa shape index (κ2) is 6.74. The smallest absolute Gasteiger partial charge is 0.149 e. The average molecular weight is 280 g/mol. The van der Waals surface area contributed by atoms with E-state index >= 15 is 0 Å². The van der Waals surface area contributed by atoms with Gasteiger partial charge in [0.05, 0.1) is 12.2 Å². The number of pyridine rings is 1. The molecular formula is C14H18ClN3O. The summed E-state index contributed by atoms with van der Waals surface area (Å²) in [4.78, 5) is 6.37. The van der Waals surface area contributed by atoms with Gasteiger partial charge in [0, 0.05) is 18.8 Å². The van der Waals surface area contributed by atoms with Gasteiger partial charge in [-0.2, -0.15) is 5.26 Å². The fourth-order valence-electron chi connectivity index (χ4n) is 2.68. The number of aliphatic hydroxyl groups is 1. The Morgan fingerprint density at radius 1 is 1.42 bits per heavy atom. The van der Waals surface area contributed by atoms with E-state index in [0.29, 0.717) is 29.0 Å². The Labute approximate surface area is 118 Å². The van der Waals surface area contributed by atoms with Crippen LogP contribution in [0.2, 0.25) is 5.02 Å². The molecule has 0 aliphatic heterocycles. The van der Waals surface area contributed by atoms with E-state index in [-0.39, 0.29) is 6.61 Å². The van der Waals surface area contributed by atoms with Crippen molar-refractivity contribution >= 4 is 17.4 Å². The summed E-state index contributed by atoms with van der Waals surface area (Å²) in [5.74, 6) is 0.627. The Morgan fingerprint density at radius 2 is 2.16 bits per heavy atom. The molecule has 0 unspecified atom stereocenters. The second-order valence-electron chi connectivity index (χ2n) is 4.82. The number of hydrogen-bond donors (Lipinski definition) is 1. The van der Waals surface area contributed by atoms with Crippen LogP contribution in [0.25, 0.3) is 0 Å². The molecule has 1 heterocycles. The molecule has 102 valence electrons. The van der Waals surface area contributed by atoms with Crippen LogP contribution in [-0.2, 0) is 0 Å². The normalized spacial score (nSPS) is 16.1. The molecule has 0 radical (unpaired) electrons. The Hall–Kier alpha value is -1.31. The highest BCUT2D eigenvalue weighted by atomic mass is 35.5. The highest BCUT2D eigenvalue weighted by Gasteiger charge is 2.24. The predicted octanol–water partition coefficient (Wildman–Crippen LogP) is 2.74. The van der Waals surface area contributed by atoms with Crippen molar-refractivity contribution in [1.29, 1.82) is 5.26 Å². The molecule has 1 N–H and O–H groups in total. The van der Waals surface area contributed by atoms with Crippen LogP contribution in [-0.4, -0.2) is 29.3 Å². The fourth-order valence-corrected chi connectivity index (χ4v) is 2.94. The molecule has 1 saturated carbocycles. The number of anilines is 1. The summed E-state index contributed by atoms with van der Waals surface area (Å²) in [5, 5.41) is 18.7. The minimum atomic E-state index is 0.0608. The van der Waals surface area contributed by atoms with Gasteiger partial charge in [-0.05, 0) is 18.9 Å². The van der Waals surface area contributed by atoms with Gasteiger partial charge in [-0.15, -0.1) is 0 Å². The van der Waals surface area contributed by atoms with Crippen molar-refractivity contribution in [3.8, 4) is 6.07 Å². The Kier molecular flexibility index (Phi) is 5.00. The molecule has 1 aromatic rings. The molecule has 1 aliphatic rings. The molecule has 1 aromatic heterocycles. The number of aromatic nitrogens is 1. The number of halogens is 1. The minimum Gasteiger partial charge on any atom is -0.395 e. The van der Waals surface area contributed by atoms with Gasteiger partial charge in [0.1, 0.15) is 16.9 Å². The summed E-state index contributed by atoms with van der Waals surface area (Å²) >= 11 is 6.25. The van der Waals surface area contributed by atoms with E-state index < -0.39 is 0 Å². The predicted molar refractivity (Wildman–Crippen MR) is 75.3 cm³/mol. The molecule has 0 aromatic carbocycles. The molecule has 0 saturated heterocycles. The molecule has 0 atom stereocenters. The van der Waals surface area contributed by atoms with E-state index in [4.69, 9.17) is 16.9 Å². The third-order valence-electron chi connectivity index (χ3n) is 3.62. The lowest BCUT2D eigenvalue weighted by Gasteiger charge is -2.35. The van der Waals surface area contributed by atoms with Crippen molar-refractivity contribution in [3.05, 3.63) is 22.8 Å². The third kappa shape index (κ3) is 3.17. The topological polar surface area (TPSA) is 60.2 Å². The second-order valence-corrected chi connectivity index (χ2v) is 5.19. The van der Waals surface area contributed by atoms with E-state index in [0.717, 1.165) is 12.8 Å². The Balaban J connectivity index is 2.30. The molecule has 4 nitrogen and oxygen atoms in total. The van der Waals surface area contributed by atoms with Crippen LogP contribution in [0.5, 0.6) is 0 Å². The van der Waals surface area contributed by atoms with Crippen molar-refractivity contribution in [2.75, 3.05) is 18.1 Å². The highest BCUT2D eigenvalue weighted by molar-refractivity contribution is 6.34. The Morgan fingerprint density at radius 3 is 2.79 bits per heavy atom. The summed E-state index contributed by atoms with van der Waals surface area (Å²) in [6.07, 6.45) is 7.45. The van der Waals surface area contributed by atoms with E-state index in [1.54, 1.807) is 12.3 Å². The molecule has 0 spiro atoms. The van der Waals surface area contributed by atoms with Crippen molar-refractivity contribution in [2.24, 2.45) is 0 Å². The molecular weight excluding hydrogens is 262 g/mol. The standard InChI is InChI=1S/C14H18ClN3O/c15-13-11(10-16)6-7-17-14(13)18(8-9-19)12-4-2-1-3-5-12/h6-7,12,19H,1-5,8-9H2. The van der Waals surface area contributed by atoms with E-state index in [2.05, 4.69) is 16.0 Å². The zero-order valence-corrected chi connectivity index (χ0v) is 11.6. The summed E-state index contributed by atoms with van der Waals surface area (Å²) in [5.41, 5.74) is 0.436. The minimum absolute atomic E-state index is 0.0608. The van der Waals surface area contributed by atoms with Gasteiger partial charge in [-0.1, -0.05) is 30.9 Å². The monoisotopic (exact) mass is 279 g/mol. The van der Waals surface area contributed by atoms with Gasteiger partial charge in [0.15, 0.2) is 0 Å². The number of nitrogens with zero attached hydrogens (tertiary/aromatic N) is 3. The summed E-state index contributed by atoms with van der Waals surface area (Å²) < 4.78 is 0. The van der Waals surface area contributed by atoms with Crippen LogP contribution < -0.4 is 4.90 Å². The van der Waals surface area contributed by atoms with E-state index in [1.165, 1.54) is 19.3 Å². The number of rotatable bonds is 4. The molecule has 1 aliphatic carbocycles. The summed E-state index contributed by atoms with van der Waals surface area (Å²) in [7, 11) is 0. The van der Waals surface area contributed by atoms with Crippen molar-refractivity contribution in [3.63, 3.8) is 0 Å². The van der Waals surface area contributed by atoms with E-state index in [9.17, 15) is 5.11 Å². The van der Waals surface area contributed by atoms with Crippen molar-refractivity contribution < 1.29 is 5.11 Å². The van der Waals surface area contributed by atoms with Crippen molar-refractivity contribution in [1.82, 2.24) is 4.98 Å². The average Bonchev–Trinajstić information content (AvgIpc) is 2.46. The largest absolute Gasteiger partial charge is 0.395 e. The first-order chi connectivity index (χ1) is 9.27. The molecule has 0 amide bonds. The van der Waals surface area contributed by atoms with Crippen LogP contribution in [0.3, 0.4) is 0 Å². The molecule has 5 heteroatoms. The Bertz CT molecular complexity index is 466. The number of nitriles is 1.